The van der Waals surface area contributed by atoms with Crippen molar-refractivity contribution in [3.8, 4) is 5.88 Å². The first-order chi connectivity index (χ1) is 15.6. The van der Waals surface area contributed by atoms with Crippen LogP contribution in [0.3, 0.4) is 0 Å². The number of nitrogens with two attached hydrogens (primary N) is 3. The summed E-state index contributed by atoms with van der Waals surface area (Å²) >= 11 is 1.53. The van der Waals surface area contributed by atoms with Crippen LogP contribution < -0.4 is 32.6 Å². The summed E-state index contributed by atoms with van der Waals surface area (Å²) in [5.74, 6) is 7.09. The molecule has 33 heavy (non-hydrogen) atoms. The number of hydrogen-bond donors (Lipinski definition) is 4. The van der Waals surface area contributed by atoms with Crippen LogP contribution in [0.5, 0.6) is 5.88 Å². The molecule has 1 aromatic heterocycles. The van der Waals surface area contributed by atoms with Crippen molar-refractivity contribution in [2.75, 3.05) is 27.7 Å². The summed E-state index contributed by atoms with van der Waals surface area (Å²) in [5, 5.41) is 3.92. The van der Waals surface area contributed by atoms with Crippen molar-refractivity contribution in [1.29, 1.82) is 0 Å². The molecule has 9 nitrogen and oxygen atoms in total. The summed E-state index contributed by atoms with van der Waals surface area (Å²) in [7, 11) is 0. The minimum Gasteiger partial charge on any atom is -0.397 e. The van der Waals surface area contributed by atoms with E-state index in [1.54, 1.807) is 18.2 Å². The third-order valence-electron chi connectivity index (χ3n) is 3.77. The fourth-order valence-electron chi connectivity index (χ4n) is 2.38. The Bertz CT molecular complexity index is 1070. The van der Waals surface area contributed by atoms with Crippen molar-refractivity contribution in [2.45, 2.75) is 18.1 Å². The van der Waals surface area contributed by atoms with Crippen LogP contribution in [-0.4, -0.2) is 22.1 Å². The quantitative estimate of drug-likeness (QED) is 0.0991. The SMILES string of the molecule is CCSc1cc(ON(N)c2ccccc2N)nc(N)n1.O=CNc1cccc(C(F)(F)F)c1. The second kappa shape index (κ2) is 11.8. The minimum atomic E-state index is -4.37. The number of rotatable bonds is 7. The third kappa shape index (κ3) is 8.05. The number of halogens is 3. The van der Waals surface area contributed by atoms with E-state index in [1.807, 2.05) is 19.1 Å². The number of para-hydroxylation sites is 2. The van der Waals surface area contributed by atoms with Crippen molar-refractivity contribution < 1.29 is 22.8 Å². The third-order valence-corrected chi connectivity index (χ3v) is 4.56. The average molecular weight is 482 g/mol. The molecule has 0 saturated heterocycles. The molecular formula is C20H22F3N7O2S. The van der Waals surface area contributed by atoms with Gasteiger partial charge in [0, 0.05) is 11.8 Å². The molecule has 7 N–H and O–H groups in total. The number of nitrogens with zero attached hydrogens (tertiary/aromatic N) is 3. The molecule has 0 spiro atoms. The number of hydrazine groups is 1. The van der Waals surface area contributed by atoms with E-state index in [9.17, 15) is 18.0 Å². The van der Waals surface area contributed by atoms with Crippen LogP contribution in [0.15, 0.2) is 59.6 Å². The Labute approximate surface area is 192 Å². The number of nitrogens with one attached hydrogen (secondary N) is 1. The molecule has 0 fully saturated rings. The Morgan fingerprint density at radius 3 is 2.48 bits per heavy atom. The number of alkyl halides is 3. The van der Waals surface area contributed by atoms with Gasteiger partial charge in [-0.15, -0.1) is 16.9 Å². The number of aromatic nitrogens is 2. The molecule has 0 atom stereocenters. The van der Waals surface area contributed by atoms with Gasteiger partial charge in [0.15, 0.2) is 0 Å². The van der Waals surface area contributed by atoms with Crippen LogP contribution in [0.1, 0.15) is 12.5 Å². The molecule has 1 heterocycles. The van der Waals surface area contributed by atoms with E-state index in [2.05, 4.69) is 15.3 Å². The molecule has 3 rings (SSSR count). The van der Waals surface area contributed by atoms with E-state index >= 15 is 0 Å². The summed E-state index contributed by atoms with van der Waals surface area (Å²) in [6.45, 7) is 2.02. The second-order valence-electron chi connectivity index (χ2n) is 6.15. The standard InChI is InChI=1S/C12H16N6OS.C8H6F3NO/c1-2-20-11-7-10(16-12(14)17-11)19-18(15)9-6-4-3-5-8(9)13;9-8(10,11)6-2-1-3-7(4-6)12-5-13/h3-7H,2,13,15H2,1H3,(H2,14,16,17);1-5H,(H,12,13). The van der Waals surface area contributed by atoms with Gasteiger partial charge in [0.1, 0.15) is 10.7 Å². The molecular weight excluding hydrogens is 459 g/mol. The van der Waals surface area contributed by atoms with Gasteiger partial charge in [-0.05, 0) is 36.1 Å². The second-order valence-corrected chi connectivity index (χ2v) is 7.44. The number of carbonyl (C=O) groups excluding carboxylic acids is 1. The number of anilines is 4. The van der Waals surface area contributed by atoms with Crippen LogP contribution in [0.2, 0.25) is 0 Å². The van der Waals surface area contributed by atoms with Gasteiger partial charge in [-0.2, -0.15) is 18.2 Å². The lowest BCUT2D eigenvalue weighted by Gasteiger charge is -2.19. The first-order valence-corrected chi connectivity index (χ1v) is 10.3. The molecule has 0 unspecified atom stereocenters. The number of hydrogen-bond acceptors (Lipinski definition) is 9. The summed E-state index contributed by atoms with van der Waals surface area (Å²) in [5.41, 5.74) is 11.8. The van der Waals surface area contributed by atoms with Gasteiger partial charge >= 0.3 is 6.18 Å². The average Bonchev–Trinajstić information content (AvgIpc) is 2.74. The highest BCUT2D eigenvalue weighted by molar-refractivity contribution is 7.99. The Morgan fingerprint density at radius 2 is 1.85 bits per heavy atom. The minimum absolute atomic E-state index is 0.129. The van der Waals surface area contributed by atoms with E-state index in [0.717, 1.165) is 28.1 Å². The largest absolute Gasteiger partial charge is 0.416 e. The molecule has 0 saturated carbocycles. The van der Waals surface area contributed by atoms with Gasteiger partial charge in [0.25, 0.3) is 5.88 Å². The van der Waals surface area contributed by atoms with Gasteiger partial charge in [0.2, 0.25) is 12.4 Å². The highest BCUT2D eigenvalue weighted by atomic mass is 32.2. The molecule has 0 aliphatic heterocycles. The monoisotopic (exact) mass is 481 g/mol. The molecule has 0 aliphatic carbocycles. The van der Waals surface area contributed by atoms with Gasteiger partial charge in [-0.3, -0.25) is 4.79 Å². The molecule has 2 aromatic carbocycles. The Morgan fingerprint density at radius 1 is 1.12 bits per heavy atom. The number of amides is 1. The lowest BCUT2D eigenvalue weighted by Crippen LogP contribution is -2.35. The maximum atomic E-state index is 12.1. The summed E-state index contributed by atoms with van der Waals surface area (Å²) in [4.78, 5) is 23.4. The van der Waals surface area contributed by atoms with E-state index in [1.165, 1.54) is 23.9 Å². The number of benzene rings is 2. The first kappa shape index (κ1) is 25.5. The zero-order chi connectivity index (χ0) is 24.4. The molecule has 0 aliphatic rings. The topological polar surface area (TPSA) is 145 Å². The first-order valence-electron chi connectivity index (χ1n) is 9.36. The highest BCUT2D eigenvalue weighted by Gasteiger charge is 2.30. The van der Waals surface area contributed by atoms with Crippen molar-refractivity contribution in [1.82, 2.24) is 9.97 Å². The summed E-state index contributed by atoms with van der Waals surface area (Å²) in [6.07, 6.45) is -4.05. The van der Waals surface area contributed by atoms with Crippen molar-refractivity contribution >= 4 is 41.2 Å². The van der Waals surface area contributed by atoms with Gasteiger partial charge in [-0.1, -0.05) is 25.1 Å². The predicted octanol–water partition coefficient (Wildman–Crippen LogP) is 3.70. The van der Waals surface area contributed by atoms with Gasteiger partial charge in [0.05, 0.1) is 11.3 Å². The number of carbonyl (C=O) groups is 1. The van der Waals surface area contributed by atoms with Crippen molar-refractivity contribution in [2.24, 2.45) is 5.84 Å². The predicted molar refractivity (Wildman–Crippen MR) is 122 cm³/mol. The maximum Gasteiger partial charge on any atom is 0.416 e. The zero-order valence-electron chi connectivity index (χ0n) is 17.4. The maximum absolute atomic E-state index is 12.1. The fraction of sp³-hybridized carbons (Fsp3) is 0.150. The lowest BCUT2D eigenvalue weighted by atomic mass is 10.2. The smallest absolute Gasteiger partial charge is 0.397 e. The van der Waals surface area contributed by atoms with Crippen LogP contribution in [0, 0.1) is 0 Å². The Kier molecular flexibility index (Phi) is 9.12. The van der Waals surface area contributed by atoms with Gasteiger partial charge < -0.3 is 21.6 Å². The molecule has 13 heteroatoms. The van der Waals surface area contributed by atoms with Crippen LogP contribution in [0.25, 0.3) is 0 Å². The summed E-state index contributed by atoms with van der Waals surface area (Å²) < 4.78 is 36.3. The summed E-state index contributed by atoms with van der Waals surface area (Å²) in [6, 6.07) is 13.2. The van der Waals surface area contributed by atoms with E-state index in [0.29, 0.717) is 17.8 Å². The number of nitrogen functional groups attached to an aromatic ring is 2. The van der Waals surface area contributed by atoms with E-state index in [4.69, 9.17) is 22.1 Å². The van der Waals surface area contributed by atoms with Crippen molar-refractivity contribution in [3.05, 3.63) is 60.2 Å². The van der Waals surface area contributed by atoms with Gasteiger partial charge in [-0.25, -0.2) is 10.8 Å². The number of thioether (sulfide) groups is 1. The van der Waals surface area contributed by atoms with Crippen LogP contribution >= 0.6 is 11.8 Å². The molecule has 3 aromatic rings. The van der Waals surface area contributed by atoms with Crippen molar-refractivity contribution in [3.63, 3.8) is 0 Å². The molecule has 176 valence electrons. The van der Waals surface area contributed by atoms with Crippen LogP contribution in [0.4, 0.5) is 36.2 Å². The van der Waals surface area contributed by atoms with Crippen LogP contribution in [-0.2, 0) is 11.0 Å². The molecule has 1 amide bonds. The molecule has 0 bridgehead atoms. The lowest BCUT2D eigenvalue weighted by molar-refractivity contribution is -0.137. The van der Waals surface area contributed by atoms with E-state index < -0.39 is 11.7 Å². The normalized spacial score (nSPS) is 10.6. The van der Waals surface area contributed by atoms with E-state index in [-0.39, 0.29) is 17.5 Å². The Hall–Kier alpha value is -3.71. The fourth-order valence-corrected chi connectivity index (χ4v) is 3.02. The molecule has 0 radical (unpaired) electrons. The highest BCUT2D eigenvalue weighted by Crippen LogP contribution is 2.30. The Balaban J connectivity index is 0.000000257. The zero-order valence-corrected chi connectivity index (χ0v) is 18.2.